The standard InChI is InChI=1S/C21H27N3O5/c25-19(22-9-12-24-13-14-28-21(24)27)15-3-5-17(6-4-15)29-18-7-10-23(11-8-18)20(26)16-1-2-16/h3-6,16,18H,1-2,7-14H2,(H,22,25). The molecule has 29 heavy (non-hydrogen) atoms. The molecule has 0 aromatic heterocycles. The normalized spacial score (nSPS) is 19.8. The van der Waals surface area contributed by atoms with E-state index in [0.29, 0.717) is 37.7 Å². The highest BCUT2D eigenvalue weighted by atomic mass is 16.6. The first-order chi connectivity index (χ1) is 14.1. The van der Waals surface area contributed by atoms with Crippen LogP contribution in [0, 0.1) is 5.92 Å². The summed E-state index contributed by atoms with van der Waals surface area (Å²) in [6.07, 6.45) is 3.51. The molecule has 8 nitrogen and oxygen atoms in total. The van der Waals surface area contributed by atoms with Crippen molar-refractivity contribution in [1.29, 1.82) is 0 Å². The van der Waals surface area contributed by atoms with Crippen molar-refractivity contribution in [3.63, 3.8) is 0 Å². The van der Waals surface area contributed by atoms with E-state index in [-0.39, 0.29) is 24.0 Å². The maximum absolute atomic E-state index is 12.2. The smallest absolute Gasteiger partial charge is 0.409 e. The molecule has 1 aromatic rings. The van der Waals surface area contributed by atoms with E-state index in [2.05, 4.69) is 5.32 Å². The van der Waals surface area contributed by atoms with E-state index in [4.69, 9.17) is 9.47 Å². The van der Waals surface area contributed by atoms with E-state index in [1.165, 1.54) is 0 Å². The Kier molecular flexibility index (Phi) is 5.87. The van der Waals surface area contributed by atoms with Crippen molar-refractivity contribution in [2.24, 2.45) is 5.92 Å². The quantitative estimate of drug-likeness (QED) is 0.751. The van der Waals surface area contributed by atoms with Gasteiger partial charge in [0.1, 0.15) is 18.5 Å². The summed E-state index contributed by atoms with van der Waals surface area (Å²) in [5.41, 5.74) is 0.547. The lowest BCUT2D eigenvalue weighted by molar-refractivity contribution is -0.134. The van der Waals surface area contributed by atoms with Gasteiger partial charge in [-0.1, -0.05) is 0 Å². The number of ether oxygens (including phenoxy) is 2. The summed E-state index contributed by atoms with van der Waals surface area (Å²) in [6.45, 7) is 3.30. The zero-order chi connectivity index (χ0) is 20.2. The monoisotopic (exact) mass is 401 g/mol. The third-order valence-corrected chi connectivity index (χ3v) is 5.61. The second-order valence-corrected chi connectivity index (χ2v) is 7.80. The summed E-state index contributed by atoms with van der Waals surface area (Å²) in [4.78, 5) is 39.2. The Morgan fingerprint density at radius 2 is 1.79 bits per heavy atom. The average molecular weight is 401 g/mol. The summed E-state index contributed by atoms with van der Waals surface area (Å²) in [7, 11) is 0. The van der Waals surface area contributed by atoms with Gasteiger partial charge in [0.2, 0.25) is 5.91 Å². The van der Waals surface area contributed by atoms with Crippen LogP contribution in [0.1, 0.15) is 36.0 Å². The van der Waals surface area contributed by atoms with E-state index in [1.807, 2.05) is 4.90 Å². The molecule has 2 heterocycles. The number of rotatable bonds is 7. The van der Waals surface area contributed by atoms with Crippen molar-refractivity contribution in [2.75, 3.05) is 39.3 Å². The van der Waals surface area contributed by atoms with Crippen molar-refractivity contribution < 1.29 is 23.9 Å². The third-order valence-electron chi connectivity index (χ3n) is 5.61. The van der Waals surface area contributed by atoms with Gasteiger partial charge in [0, 0.05) is 50.5 Å². The van der Waals surface area contributed by atoms with Gasteiger partial charge in [0.05, 0.1) is 6.54 Å². The number of cyclic esters (lactones) is 1. The molecule has 3 aliphatic rings. The third kappa shape index (κ3) is 4.99. The molecule has 0 bridgehead atoms. The summed E-state index contributed by atoms with van der Waals surface area (Å²) >= 11 is 0. The first-order valence-electron chi connectivity index (χ1n) is 10.4. The molecule has 0 radical (unpaired) electrons. The van der Waals surface area contributed by atoms with Gasteiger partial charge in [-0.05, 0) is 37.1 Å². The van der Waals surface area contributed by atoms with Gasteiger partial charge in [0.25, 0.3) is 5.91 Å². The fourth-order valence-corrected chi connectivity index (χ4v) is 3.70. The van der Waals surface area contributed by atoms with Gasteiger partial charge < -0.3 is 24.6 Å². The van der Waals surface area contributed by atoms with Crippen LogP contribution in [-0.2, 0) is 9.53 Å². The number of amides is 3. The predicted octanol–water partition coefficient (Wildman–Crippen LogP) is 1.65. The summed E-state index contributed by atoms with van der Waals surface area (Å²) in [5.74, 6) is 1.13. The van der Waals surface area contributed by atoms with Crippen molar-refractivity contribution in [3.05, 3.63) is 29.8 Å². The van der Waals surface area contributed by atoms with Crippen LogP contribution in [0.5, 0.6) is 5.75 Å². The molecular formula is C21H27N3O5. The number of likely N-dealkylation sites (tertiary alicyclic amines) is 1. The fraction of sp³-hybridized carbons (Fsp3) is 0.571. The molecule has 2 saturated heterocycles. The second kappa shape index (κ2) is 8.71. The second-order valence-electron chi connectivity index (χ2n) is 7.80. The number of hydrogen-bond donors (Lipinski definition) is 1. The minimum Gasteiger partial charge on any atom is -0.490 e. The number of nitrogens with zero attached hydrogens (tertiary/aromatic N) is 2. The molecule has 0 unspecified atom stereocenters. The van der Waals surface area contributed by atoms with Gasteiger partial charge in [-0.2, -0.15) is 0 Å². The number of carbonyl (C=O) groups is 3. The Labute approximate surface area is 170 Å². The molecule has 0 atom stereocenters. The minimum absolute atomic E-state index is 0.0955. The maximum atomic E-state index is 12.2. The number of piperidine rings is 1. The van der Waals surface area contributed by atoms with Gasteiger partial charge in [-0.3, -0.25) is 9.59 Å². The molecule has 1 N–H and O–H groups in total. The molecule has 0 spiro atoms. The van der Waals surface area contributed by atoms with Gasteiger partial charge in [0.15, 0.2) is 0 Å². The molecule has 1 saturated carbocycles. The van der Waals surface area contributed by atoms with Gasteiger partial charge in [-0.25, -0.2) is 4.79 Å². The molecule has 1 aromatic carbocycles. The van der Waals surface area contributed by atoms with Crippen molar-refractivity contribution >= 4 is 17.9 Å². The average Bonchev–Trinajstić information content (AvgIpc) is 3.51. The lowest BCUT2D eigenvalue weighted by Crippen LogP contribution is -2.42. The van der Waals surface area contributed by atoms with E-state index in [1.54, 1.807) is 29.2 Å². The first kappa shape index (κ1) is 19.5. The van der Waals surface area contributed by atoms with Crippen LogP contribution in [-0.4, -0.2) is 73.1 Å². The van der Waals surface area contributed by atoms with E-state index in [0.717, 1.165) is 44.5 Å². The molecule has 3 amide bonds. The van der Waals surface area contributed by atoms with Crippen molar-refractivity contribution in [3.8, 4) is 5.75 Å². The Morgan fingerprint density at radius 3 is 2.41 bits per heavy atom. The fourth-order valence-electron chi connectivity index (χ4n) is 3.70. The van der Waals surface area contributed by atoms with E-state index in [9.17, 15) is 14.4 Å². The maximum Gasteiger partial charge on any atom is 0.409 e. The van der Waals surface area contributed by atoms with E-state index >= 15 is 0 Å². The summed E-state index contributed by atoms with van der Waals surface area (Å²) < 4.78 is 10.9. The van der Waals surface area contributed by atoms with Crippen LogP contribution in [0.2, 0.25) is 0 Å². The highest BCUT2D eigenvalue weighted by Crippen LogP contribution is 2.32. The lowest BCUT2D eigenvalue weighted by Gasteiger charge is -2.32. The van der Waals surface area contributed by atoms with Crippen molar-refractivity contribution in [1.82, 2.24) is 15.1 Å². The Bertz CT molecular complexity index is 754. The zero-order valence-electron chi connectivity index (χ0n) is 16.5. The molecule has 8 heteroatoms. The zero-order valence-corrected chi connectivity index (χ0v) is 16.5. The van der Waals surface area contributed by atoms with E-state index < -0.39 is 0 Å². The molecule has 2 aliphatic heterocycles. The largest absolute Gasteiger partial charge is 0.490 e. The SMILES string of the molecule is O=C(NCCN1CCOC1=O)c1ccc(OC2CCN(C(=O)C3CC3)CC2)cc1. The minimum atomic E-state index is -0.330. The van der Waals surface area contributed by atoms with Gasteiger partial charge >= 0.3 is 6.09 Å². The summed E-state index contributed by atoms with van der Waals surface area (Å²) in [5, 5.41) is 2.81. The highest BCUT2D eigenvalue weighted by Gasteiger charge is 2.35. The lowest BCUT2D eigenvalue weighted by atomic mass is 10.1. The van der Waals surface area contributed by atoms with Crippen LogP contribution < -0.4 is 10.1 Å². The number of nitrogens with one attached hydrogen (secondary N) is 1. The number of hydrogen-bond acceptors (Lipinski definition) is 5. The summed E-state index contributed by atoms with van der Waals surface area (Å²) in [6, 6.07) is 7.07. The van der Waals surface area contributed by atoms with Crippen LogP contribution in [0.15, 0.2) is 24.3 Å². The molecule has 3 fully saturated rings. The van der Waals surface area contributed by atoms with Crippen LogP contribution in [0.3, 0.4) is 0 Å². The van der Waals surface area contributed by atoms with Crippen LogP contribution in [0.25, 0.3) is 0 Å². The molecule has 1 aliphatic carbocycles. The number of carbonyl (C=O) groups excluding carboxylic acids is 3. The van der Waals surface area contributed by atoms with Gasteiger partial charge in [-0.15, -0.1) is 0 Å². The Balaban J connectivity index is 1.19. The number of benzene rings is 1. The first-order valence-corrected chi connectivity index (χ1v) is 10.4. The predicted molar refractivity (Wildman–Crippen MR) is 105 cm³/mol. The van der Waals surface area contributed by atoms with Crippen LogP contribution in [0.4, 0.5) is 4.79 Å². The molecule has 4 rings (SSSR count). The molecular weight excluding hydrogens is 374 g/mol. The Morgan fingerprint density at radius 1 is 1.07 bits per heavy atom. The Hall–Kier alpha value is -2.77. The molecule has 156 valence electrons. The topological polar surface area (TPSA) is 88.2 Å². The highest BCUT2D eigenvalue weighted by molar-refractivity contribution is 5.94. The van der Waals surface area contributed by atoms with Crippen LogP contribution >= 0.6 is 0 Å². The van der Waals surface area contributed by atoms with Crippen molar-refractivity contribution in [2.45, 2.75) is 31.8 Å².